The van der Waals surface area contributed by atoms with Gasteiger partial charge in [-0.1, -0.05) is 0 Å². The first-order valence-electron chi connectivity index (χ1n) is 10.6. The van der Waals surface area contributed by atoms with Gasteiger partial charge >= 0.3 is 0 Å². The monoisotopic (exact) mass is 397 g/mol. The van der Waals surface area contributed by atoms with Gasteiger partial charge in [0.25, 0.3) is 5.91 Å². The van der Waals surface area contributed by atoms with E-state index in [-0.39, 0.29) is 5.91 Å². The van der Waals surface area contributed by atoms with Gasteiger partial charge in [0.05, 0.1) is 4.70 Å². The molecule has 7 heteroatoms. The van der Waals surface area contributed by atoms with Crippen LogP contribution in [0.1, 0.15) is 36.7 Å². The lowest BCUT2D eigenvalue weighted by Gasteiger charge is -2.58. The first-order chi connectivity index (χ1) is 13.7. The van der Waals surface area contributed by atoms with Gasteiger partial charge in [-0.3, -0.25) is 9.69 Å². The van der Waals surface area contributed by atoms with Gasteiger partial charge in [-0.25, -0.2) is 0 Å². The third-order valence-electron chi connectivity index (χ3n) is 7.75. The lowest BCUT2D eigenvalue weighted by molar-refractivity contribution is -0.0676. The predicted octanol–water partition coefficient (Wildman–Crippen LogP) is 2.06. The molecule has 1 saturated carbocycles. The lowest BCUT2D eigenvalue weighted by Crippen LogP contribution is -2.64. The molecule has 28 heavy (non-hydrogen) atoms. The van der Waals surface area contributed by atoms with Crippen LogP contribution in [0.2, 0.25) is 0 Å². The Morgan fingerprint density at radius 1 is 1.36 bits per heavy atom. The molecule has 0 bridgehead atoms. The third kappa shape index (κ3) is 2.33. The predicted molar refractivity (Wildman–Crippen MR) is 112 cm³/mol. The Morgan fingerprint density at radius 3 is 3.00 bits per heavy atom. The van der Waals surface area contributed by atoms with Crippen LogP contribution in [0.5, 0.6) is 0 Å². The van der Waals surface area contributed by atoms with E-state index in [1.807, 2.05) is 0 Å². The molecule has 4 atom stereocenters. The van der Waals surface area contributed by atoms with E-state index < -0.39 is 0 Å². The quantitative estimate of drug-likeness (QED) is 0.830. The average Bonchev–Trinajstić information content (AvgIpc) is 3.12. The molecular weight excluding hydrogens is 370 g/mol. The SMILES string of the molecule is CC1CNCCN1c1ccc2c(C(=O)N[C@H]3CN4CCC45CC[C@H]35)nsc2c1. The molecule has 1 aromatic carbocycles. The number of fused-ring (bicyclic) bond motifs is 1. The van der Waals surface area contributed by atoms with Gasteiger partial charge in [0.15, 0.2) is 0 Å². The maximum absolute atomic E-state index is 13.0. The number of carbonyl (C=O) groups is 1. The van der Waals surface area contributed by atoms with Gasteiger partial charge in [-0.05, 0) is 61.8 Å². The number of nitrogens with zero attached hydrogens (tertiary/aromatic N) is 3. The van der Waals surface area contributed by atoms with Crippen LogP contribution in [0, 0.1) is 5.92 Å². The van der Waals surface area contributed by atoms with Crippen molar-refractivity contribution in [2.75, 3.05) is 37.6 Å². The number of amides is 1. The third-order valence-corrected chi connectivity index (χ3v) is 8.55. The van der Waals surface area contributed by atoms with E-state index in [1.165, 1.54) is 43.0 Å². The maximum Gasteiger partial charge on any atom is 0.271 e. The van der Waals surface area contributed by atoms with Crippen molar-refractivity contribution in [2.24, 2.45) is 5.92 Å². The Kier molecular flexibility index (Phi) is 3.77. The molecule has 6 nitrogen and oxygen atoms in total. The highest BCUT2D eigenvalue weighted by Crippen LogP contribution is 2.57. The highest BCUT2D eigenvalue weighted by Gasteiger charge is 2.63. The smallest absolute Gasteiger partial charge is 0.271 e. The number of hydrogen-bond acceptors (Lipinski definition) is 6. The minimum absolute atomic E-state index is 0.00379. The number of rotatable bonds is 3. The zero-order valence-corrected chi connectivity index (χ0v) is 17.1. The summed E-state index contributed by atoms with van der Waals surface area (Å²) in [4.78, 5) is 18.0. The number of piperazine rings is 1. The van der Waals surface area contributed by atoms with Gasteiger partial charge < -0.3 is 15.5 Å². The fourth-order valence-electron chi connectivity index (χ4n) is 5.99. The molecule has 2 N–H and O–H groups in total. The molecule has 4 heterocycles. The zero-order chi connectivity index (χ0) is 18.9. The van der Waals surface area contributed by atoms with E-state index in [4.69, 9.17) is 0 Å². The minimum Gasteiger partial charge on any atom is -0.366 e. The summed E-state index contributed by atoms with van der Waals surface area (Å²) in [7, 11) is 0. The summed E-state index contributed by atoms with van der Waals surface area (Å²) in [5.41, 5.74) is 2.27. The molecular formula is C21H27N5OS. The van der Waals surface area contributed by atoms with E-state index in [9.17, 15) is 4.79 Å². The van der Waals surface area contributed by atoms with Crippen LogP contribution in [0.3, 0.4) is 0 Å². The van der Waals surface area contributed by atoms with Crippen molar-refractivity contribution in [3.05, 3.63) is 23.9 Å². The van der Waals surface area contributed by atoms with Gasteiger partial charge in [0.1, 0.15) is 5.69 Å². The summed E-state index contributed by atoms with van der Waals surface area (Å²) in [6, 6.07) is 7.21. The Labute approximate surface area is 169 Å². The number of anilines is 1. The van der Waals surface area contributed by atoms with Crippen LogP contribution >= 0.6 is 11.5 Å². The molecule has 2 aromatic rings. The first kappa shape index (κ1) is 17.2. The molecule has 4 fully saturated rings. The van der Waals surface area contributed by atoms with E-state index in [0.29, 0.717) is 29.2 Å². The second-order valence-corrected chi connectivity index (χ2v) is 9.79. The van der Waals surface area contributed by atoms with Crippen LogP contribution in [-0.4, -0.2) is 65.5 Å². The number of benzene rings is 1. The molecule has 148 valence electrons. The second-order valence-electron chi connectivity index (χ2n) is 8.98. The largest absolute Gasteiger partial charge is 0.366 e. The van der Waals surface area contributed by atoms with E-state index in [2.05, 4.69) is 49.9 Å². The molecule has 3 aliphatic heterocycles. The summed E-state index contributed by atoms with van der Waals surface area (Å²) in [5.74, 6) is 0.653. The number of hydrogen-bond donors (Lipinski definition) is 2. The number of aromatic nitrogens is 1. The van der Waals surface area contributed by atoms with Crippen LogP contribution in [0.25, 0.3) is 10.1 Å². The van der Waals surface area contributed by atoms with Crippen LogP contribution < -0.4 is 15.5 Å². The van der Waals surface area contributed by atoms with Crippen LogP contribution in [0.4, 0.5) is 5.69 Å². The Balaban J connectivity index is 1.23. The van der Waals surface area contributed by atoms with E-state index >= 15 is 0 Å². The summed E-state index contributed by atoms with van der Waals surface area (Å²) >= 11 is 1.44. The zero-order valence-electron chi connectivity index (χ0n) is 16.3. The highest BCUT2D eigenvalue weighted by molar-refractivity contribution is 7.13. The minimum atomic E-state index is 0.00379. The summed E-state index contributed by atoms with van der Waals surface area (Å²) in [5, 5.41) is 7.75. The van der Waals surface area contributed by atoms with Gasteiger partial charge in [0.2, 0.25) is 0 Å². The summed E-state index contributed by atoms with van der Waals surface area (Å²) in [6.07, 6.45) is 3.89. The Hall–Kier alpha value is -1.70. The molecule has 1 aromatic heterocycles. The fraction of sp³-hybridized carbons (Fsp3) is 0.619. The van der Waals surface area contributed by atoms with Crippen LogP contribution in [-0.2, 0) is 0 Å². The Morgan fingerprint density at radius 2 is 2.29 bits per heavy atom. The van der Waals surface area contributed by atoms with Crippen molar-refractivity contribution < 1.29 is 4.79 Å². The molecule has 0 radical (unpaired) electrons. The van der Waals surface area contributed by atoms with Crippen molar-refractivity contribution in [2.45, 2.75) is 43.8 Å². The summed E-state index contributed by atoms with van der Waals surface area (Å²) in [6.45, 7) is 7.51. The number of carbonyl (C=O) groups excluding carboxylic acids is 1. The van der Waals surface area contributed by atoms with Gasteiger partial charge in [-0.15, -0.1) is 0 Å². The molecule has 1 aliphatic carbocycles. The van der Waals surface area contributed by atoms with Crippen molar-refractivity contribution >= 4 is 33.2 Å². The van der Waals surface area contributed by atoms with Crippen molar-refractivity contribution in [3.8, 4) is 0 Å². The van der Waals surface area contributed by atoms with Crippen molar-refractivity contribution in [1.82, 2.24) is 19.9 Å². The fourth-order valence-corrected chi connectivity index (χ4v) is 6.80. The normalized spacial score (nSPS) is 34.5. The standard InChI is InChI=1S/C21H27N5OS/c1-13-11-22-7-9-26(13)14-2-3-15-18(10-14)28-24-19(15)20(27)23-17-12-25-8-6-21(25)5-4-16(17)21/h2-3,10,13,16-17,22H,4-9,11-12H2,1H3,(H,23,27)/t13?,16-,17+,21?/m1/s1. The highest BCUT2D eigenvalue weighted by atomic mass is 32.1. The lowest BCUT2D eigenvalue weighted by atomic mass is 9.61. The van der Waals surface area contributed by atoms with Gasteiger partial charge in [0, 0.05) is 61.4 Å². The summed E-state index contributed by atoms with van der Waals surface area (Å²) < 4.78 is 5.64. The number of nitrogens with one attached hydrogen (secondary N) is 2. The van der Waals surface area contributed by atoms with E-state index in [0.717, 1.165) is 36.3 Å². The van der Waals surface area contributed by atoms with Gasteiger partial charge in [-0.2, -0.15) is 4.37 Å². The molecule has 6 rings (SSSR count). The Bertz CT molecular complexity index is 940. The molecule has 4 aliphatic rings. The van der Waals surface area contributed by atoms with Crippen molar-refractivity contribution in [3.63, 3.8) is 0 Å². The maximum atomic E-state index is 13.0. The van der Waals surface area contributed by atoms with E-state index in [1.54, 1.807) is 0 Å². The van der Waals surface area contributed by atoms with Crippen LogP contribution in [0.15, 0.2) is 18.2 Å². The van der Waals surface area contributed by atoms with Crippen molar-refractivity contribution in [1.29, 1.82) is 0 Å². The topological polar surface area (TPSA) is 60.5 Å². The average molecular weight is 398 g/mol. The second kappa shape index (κ2) is 6.15. The first-order valence-corrected chi connectivity index (χ1v) is 11.4. The molecule has 1 amide bonds. The molecule has 2 unspecified atom stereocenters. The molecule has 3 saturated heterocycles. The molecule has 1 spiro atoms.